The Bertz CT molecular complexity index is 397. The number of halogens is 1. The van der Waals surface area contributed by atoms with Crippen molar-refractivity contribution >= 4 is 23.0 Å². The van der Waals surface area contributed by atoms with E-state index in [2.05, 4.69) is 16.7 Å². The number of benzene rings is 1. The molecule has 2 aliphatic rings. The zero-order valence-corrected chi connectivity index (χ0v) is 10.1. The topological polar surface area (TPSA) is 24.1 Å². The quantitative estimate of drug-likeness (QED) is 0.717. The van der Waals surface area contributed by atoms with Crippen LogP contribution in [-0.2, 0) is 0 Å². The van der Waals surface area contributed by atoms with Gasteiger partial charge in [-0.25, -0.2) is 0 Å². The summed E-state index contributed by atoms with van der Waals surface area (Å²) in [7, 11) is 0. The second-order valence-corrected chi connectivity index (χ2v) is 5.54. The molecule has 1 aromatic carbocycles. The van der Waals surface area contributed by atoms with E-state index in [1.54, 1.807) is 0 Å². The molecule has 1 aliphatic heterocycles. The Morgan fingerprint density at radius 2 is 1.69 bits per heavy atom. The van der Waals surface area contributed by atoms with E-state index in [1.165, 1.54) is 31.4 Å². The molecule has 0 amide bonds. The molecular formula is C13H17ClN2. The van der Waals surface area contributed by atoms with E-state index in [-0.39, 0.29) is 0 Å². The average molecular weight is 237 g/mol. The van der Waals surface area contributed by atoms with Gasteiger partial charge in [0.15, 0.2) is 0 Å². The fourth-order valence-corrected chi connectivity index (χ4v) is 3.10. The molecule has 3 heteroatoms. The van der Waals surface area contributed by atoms with Crippen LogP contribution in [0.5, 0.6) is 0 Å². The van der Waals surface area contributed by atoms with Crippen LogP contribution in [0.2, 0.25) is 5.02 Å². The predicted molar refractivity (Wildman–Crippen MR) is 69.3 cm³/mol. The second-order valence-electron chi connectivity index (χ2n) is 5.10. The minimum Gasteiger partial charge on any atom is -0.383 e. The average Bonchev–Trinajstić information content (AvgIpc) is 2.66. The Labute approximate surface area is 101 Å². The van der Waals surface area contributed by atoms with Gasteiger partial charge in [0.05, 0.1) is 11.4 Å². The molecule has 2 nitrogen and oxygen atoms in total. The van der Waals surface area contributed by atoms with Crippen molar-refractivity contribution in [3.8, 4) is 0 Å². The number of anilines is 2. The van der Waals surface area contributed by atoms with Gasteiger partial charge in [-0.15, -0.1) is 0 Å². The van der Waals surface area contributed by atoms with Crippen molar-refractivity contribution < 1.29 is 0 Å². The van der Waals surface area contributed by atoms with Crippen molar-refractivity contribution in [2.45, 2.75) is 25.7 Å². The lowest BCUT2D eigenvalue weighted by molar-refractivity contribution is 0.346. The van der Waals surface area contributed by atoms with E-state index >= 15 is 0 Å². The highest BCUT2D eigenvalue weighted by Crippen LogP contribution is 2.41. The molecule has 1 fully saturated rings. The van der Waals surface area contributed by atoms with Gasteiger partial charge in [-0.1, -0.05) is 24.4 Å². The number of nitrogens with one attached hydrogen (secondary N) is 2. The maximum Gasteiger partial charge on any atom is 0.0591 e. The summed E-state index contributed by atoms with van der Waals surface area (Å²) in [5.41, 5.74) is 2.80. The number of fused-ring (bicyclic) bond motifs is 1. The molecule has 0 unspecified atom stereocenters. The van der Waals surface area contributed by atoms with Crippen LogP contribution in [0.25, 0.3) is 0 Å². The summed E-state index contributed by atoms with van der Waals surface area (Å²) in [5.74, 6) is 0. The molecule has 1 aromatic rings. The third kappa shape index (κ3) is 1.75. The first-order valence-corrected chi connectivity index (χ1v) is 6.43. The molecule has 1 saturated carbocycles. The largest absolute Gasteiger partial charge is 0.383 e. The van der Waals surface area contributed by atoms with Crippen molar-refractivity contribution in [2.24, 2.45) is 5.41 Å². The van der Waals surface area contributed by atoms with E-state index in [4.69, 9.17) is 11.6 Å². The van der Waals surface area contributed by atoms with E-state index in [0.717, 1.165) is 23.8 Å². The van der Waals surface area contributed by atoms with Crippen LogP contribution < -0.4 is 10.6 Å². The maximum atomic E-state index is 6.01. The SMILES string of the molecule is Clc1ccc2c(c1)NCC1(CCCC1)CN2. The van der Waals surface area contributed by atoms with E-state index < -0.39 is 0 Å². The van der Waals surface area contributed by atoms with Crippen LogP contribution in [-0.4, -0.2) is 13.1 Å². The van der Waals surface area contributed by atoms with E-state index in [1.807, 2.05) is 12.1 Å². The van der Waals surface area contributed by atoms with Crippen molar-refractivity contribution in [1.82, 2.24) is 0 Å². The van der Waals surface area contributed by atoms with Crippen molar-refractivity contribution in [1.29, 1.82) is 0 Å². The molecule has 1 spiro atoms. The lowest BCUT2D eigenvalue weighted by Gasteiger charge is -2.26. The van der Waals surface area contributed by atoms with Gasteiger partial charge in [-0.3, -0.25) is 0 Å². The molecule has 3 rings (SSSR count). The van der Waals surface area contributed by atoms with Gasteiger partial charge in [0.1, 0.15) is 0 Å². The molecule has 0 atom stereocenters. The standard InChI is InChI=1S/C13H17ClN2/c14-10-3-4-11-12(7-10)16-9-13(8-15-11)5-1-2-6-13/h3-4,7,15-16H,1-2,5-6,8-9H2. The minimum absolute atomic E-state index is 0.464. The number of hydrogen-bond donors (Lipinski definition) is 2. The first-order valence-electron chi connectivity index (χ1n) is 6.05. The highest BCUT2D eigenvalue weighted by Gasteiger charge is 2.35. The smallest absolute Gasteiger partial charge is 0.0591 e. The molecule has 0 bridgehead atoms. The number of rotatable bonds is 0. The van der Waals surface area contributed by atoms with Crippen molar-refractivity contribution in [3.05, 3.63) is 23.2 Å². The first-order chi connectivity index (χ1) is 7.77. The summed E-state index contributed by atoms with van der Waals surface area (Å²) in [6, 6.07) is 6.03. The summed E-state index contributed by atoms with van der Waals surface area (Å²) >= 11 is 6.01. The fourth-order valence-electron chi connectivity index (χ4n) is 2.92. The van der Waals surface area contributed by atoms with E-state index in [9.17, 15) is 0 Å². The van der Waals surface area contributed by atoms with Crippen LogP contribution >= 0.6 is 11.6 Å². The van der Waals surface area contributed by atoms with Gasteiger partial charge in [0.25, 0.3) is 0 Å². The maximum absolute atomic E-state index is 6.01. The fraction of sp³-hybridized carbons (Fsp3) is 0.538. The van der Waals surface area contributed by atoms with Crippen molar-refractivity contribution in [3.63, 3.8) is 0 Å². The third-order valence-corrected chi connectivity index (χ3v) is 4.19. The Morgan fingerprint density at radius 3 is 2.44 bits per heavy atom. The molecule has 0 radical (unpaired) electrons. The lowest BCUT2D eigenvalue weighted by atomic mass is 9.86. The Hall–Kier alpha value is -0.890. The Balaban J connectivity index is 1.86. The molecule has 1 aliphatic carbocycles. The highest BCUT2D eigenvalue weighted by molar-refractivity contribution is 6.31. The van der Waals surface area contributed by atoms with Crippen LogP contribution in [0.3, 0.4) is 0 Å². The van der Waals surface area contributed by atoms with Gasteiger partial charge in [-0.05, 0) is 31.0 Å². The summed E-state index contributed by atoms with van der Waals surface area (Å²) in [6.45, 7) is 2.17. The molecule has 86 valence electrons. The predicted octanol–water partition coefficient (Wildman–Crippen LogP) is 3.74. The van der Waals surface area contributed by atoms with Gasteiger partial charge in [0.2, 0.25) is 0 Å². The van der Waals surface area contributed by atoms with Crippen molar-refractivity contribution in [2.75, 3.05) is 23.7 Å². The van der Waals surface area contributed by atoms with Crippen LogP contribution in [0.4, 0.5) is 11.4 Å². The lowest BCUT2D eigenvalue weighted by Crippen LogP contribution is -2.31. The molecule has 0 saturated heterocycles. The van der Waals surface area contributed by atoms with E-state index in [0.29, 0.717) is 5.41 Å². The minimum atomic E-state index is 0.464. The molecular weight excluding hydrogens is 220 g/mol. The van der Waals surface area contributed by atoms with Gasteiger partial charge < -0.3 is 10.6 Å². The molecule has 2 N–H and O–H groups in total. The van der Waals surface area contributed by atoms with Crippen LogP contribution in [0.1, 0.15) is 25.7 Å². The highest BCUT2D eigenvalue weighted by atomic mass is 35.5. The summed E-state index contributed by atoms with van der Waals surface area (Å²) in [6.07, 6.45) is 5.43. The van der Waals surface area contributed by atoms with Gasteiger partial charge in [-0.2, -0.15) is 0 Å². The Kier molecular flexibility index (Phi) is 2.47. The summed E-state index contributed by atoms with van der Waals surface area (Å²) < 4.78 is 0. The summed E-state index contributed by atoms with van der Waals surface area (Å²) in [5, 5.41) is 7.92. The molecule has 0 aromatic heterocycles. The molecule has 16 heavy (non-hydrogen) atoms. The first kappa shape index (κ1) is 10.3. The van der Waals surface area contributed by atoms with Gasteiger partial charge in [0, 0.05) is 23.5 Å². The normalized spacial score (nSPS) is 22.1. The monoisotopic (exact) mass is 236 g/mol. The van der Waals surface area contributed by atoms with Crippen LogP contribution in [0, 0.1) is 5.41 Å². The zero-order chi connectivity index (χ0) is 11.0. The molecule has 1 heterocycles. The van der Waals surface area contributed by atoms with Crippen LogP contribution in [0.15, 0.2) is 18.2 Å². The third-order valence-electron chi connectivity index (χ3n) is 3.95. The Morgan fingerprint density at radius 1 is 1.00 bits per heavy atom. The number of hydrogen-bond acceptors (Lipinski definition) is 2. The zero-order valence-electron chi connectivity index (χ0n) is 9.35. The summed E-state index contributed by atoms with van der Waals surface area (Å²) in [4.78, 5) is 0. The second kappa shape index (κ2) is 3.85. The van der Waals surface area contributed by atoms with Gasteiger partial charge >= 0.3 is 0 Å².